The van der Waals surface area contributed by atoms with E-state index in [1.54, 1.807) is 0 Å². The zero-order chi connectivity index (χ0) is 23.3. The van der Waals surface area contributed by atoms with Crippen molar-refractivity contribution in [3.63, 3.8) is 0 Å². The lowest BCUT2D eigenvalue weighted by Gasteiger charge is -2.17. The number of hydrogen-bond donors (Lipinski definition) is 1. The molecule has 0 aliphatic carbocycles. The predicted octanol–water partition coefficient (Wildman–Crippen LogP) is 10.2. The van der Waals surface area contributed by atoms with Gasteiger partial charge >= 0.3 is 0 Å². The third-order valence-corrected chi connectivity index (χ3v) is 7.39. The molecular weight excluding hydrogens is 388 g/mol. The van der Waals surface area contributed by atoms with E-state index < -0.39 is 0 Å². The summed E-state index contributed by atoms with van der Waals surface area (Å²) in [5.41, 5.74) is 0. The molecule has 0 spiro atoms. The maximum Gasteiger partial charge on any atom is 0.257 e. The monoisotopic (exact) mass is 447 g/mol. The second kappa shape index (κ2) is 20.8. The van der Waals surface area contributed by atoms with Crippen molar-refractivity contribution in [1.29, 1.82) is 0 Å². The summed E-state index contributed by atoms with van der Waals surface area (Å²) in [4.78, 5) is 3.69. The molecule has 1 rings (SSSR count). The Labute approximate surface area is 202 Å². The number of rotatable bonds is 23. The van der Waals surface area contributed by atoms with Crippen LogP contribution in [0, 0.1) is 0 Å². The zero-order valence-corrected chi connectivity index (χ0v) is 22.6. The summed E-state index contributed by atoms with van der Waals surface area (Å²) in [6, 6.07) is 0.624. The van der Waals surface area contributed by atoms with E-state index in [-0.39, 0.29) is 0 Å². The van der Waals surface area contributed by atoms with Crippen LogP contribution in [0.25, 0.3) is 0 Å². The van der Waals surface area contributed by atoms with Crippen LogP contribution < -0.4 is 4.57 Å². The van der Waals surface area contributed by atoms with E-state index in [0.717, 1.165) is 0 Å². The van der Waals surface area contributed by atoms with E-state index in [2.05, 4.69) is 49.6 Å². The summed E-state index contributed by atoms with van der Waals surface area (Å²) >= 11 is 0. The van der Waals surface area contributed by atoms with Crippen LogP contribution in [0.15, 0.2) is 12.4 Å². The van der Waals surface area contributed by atoms with Gasteiger partial charge in [-0.05, 0) is 32.6 Å². The summed E-state index contributed by atoms with van der Waals surface area (Å²) in [6.45, 7) is 9.37. The highest BCUT2D eigenvalue weighted by Crippen LogP contribution is 2.27. The quantitative estimate of drug-likeness (QED) is 0.127. The third kappa shape index (κ3) is 13.7. The standard InChI is InChI=1S/C30H58N2/c1-5-8-11-14-15-16-19-22-25-29(24-21-18-13-10-7-3)30-31-26-27-32(30)28(4)23-20-17-12-9-6-2/h26-29H,5-25H2,1-4H3/p+1. The topological polar surface area (TPSA) is 19.7 Å². The van der Waals surface area contributed by atoms with Crippen LogP contribution in [-0.4, -0.2) is 4.98 Å². The molecule has 1 aromatic heterocycles. The van der Waals surface area contributed by atoms with E-state index in [0.29, 0.717) is 12.0 Å². The molecule has 32 heavy (non-hydrogen) atoms. The fraction of sp³-hybridized carbons (Fsp3) is 0.900. The smallest absolute Gasteiger partial charge is 0.247 e. The van der Waals surface area contributed by atoms with Crippen molar-refractivity contribution >= 4 is 0 Å². The van der Waals surface area contributed by atoms with Crippen LogP contribution in [0.2, 0.25) is 0 Å². The first kappa shape index (κ1) is 29.2. The lowest BCUT2D eigenvalue weighted by Crippen LogP contribution is -2.41. The maximum absolute atomic E-state index is 3.69. The molecule has 2 nitrogen and oxygen atoms in total. The Morgan fingerprint density at radius 2 is 1.00 bits per heavy atom. The number of imidazole rings is 1. The molecular formula is C30H59N2+. The van der Waals surface area contributed by atoms with Gasteiger partial charge in [0.15, 0.2) is 0 Å². The summed E-state index contributed by atoms with van der Waals surface area (Å²) in [6.07, 6.45) is 33.8. The SMILES string of the molecule is CCCCCCCCCCC(CCCCCCC)c1[nH]cc[n+]1C(C)CCCCCCC. The lowest BCUT2D eigenvalue weighted by atomic mass is 9.93. The minimum absolute atomic E-state index is 0.624. The van der Waals surface area contributed by atoms with Crippen molar-refractivity contribution < 1.29 is 4.57 Å². The van der Waals surface area contributed by atoms with Gasteiger partial charge in [0.1, 0.15) is 12.4 Å². The predicted molar refractivity (Wildman–Crippen MR) is 142 cm³/mol. The number of hydrogen-bond acceptors (Lipinski definition) is 0. The van der Waals surface area contributed by atoms with Crippen molar-refractivity contribution in [3.05, 3.63) is 18.2 Å². The average Bonchev–Trinajstić information content (AvgIpc) is 3.29. The van der Waals surface area contributed by atoms with Gasteiger partial charge in [-0.1, -0.05) is 130 Å². The fourth-order valence-electron chi connectivity index (χ4n) is 5.19. The Kier molecular flexibility index (Phi) is 19.0. The largest absolute Gasteiger partial charge is 0.257 e. The number of aromatic amines is 1. The van der Waals surface area contributed by atoms with Gasteiger partial charge in [-0.25, -0.2) is 9.55 Å². The highest BCUT2D eigenvalue weighted by Gasteiger charge is 2.25. The Morgan fingerprint density at radius 1 is 0.594 bits per heavy atom. The Morgan fingerprint density at radius 3 is 1.47 bits per heavy atom. The van der Waals surface area contributed by atoms with Gasteiger partial charge in [-0.2, -0.15) is 0 Å². The Balaban J connectivity index is 2.53. The highest BCUT2D eigenvalue weighted by molar-refractivity contribution is 4.90. The van der Waals surface area contributed by atoms with E-state index in [4.69, 9.17) is 0 Å². The Bertz CT molecular complexity index is 507. The van der Waals surface area contributed by atoms with Crippen LogP contribution in [-0.2, 0) is 0 Å². The molecule has 0 saturated heterocycles. The molecule has 188 valence electrons. The van der Waals surface area contributed by atoms with Gasteiger partial charge in [0, 0.05) is 0 Å². The minimum Gasteiger partial charge on any atom is -0.247 e. The second-order valence-electron chi connectivity index (χ2n) is 10.5. The molecule has 0 aromatic carbocycles. The minimum atomic E-state index is 0.624. The first-order valence-electron chi connectivity index (χ1n) is 14.8. The number of aromatic nitrogens is 2. The molecule has 2 atom stereocenters. The lowest BCUT2D eigenvalue weighted by molar-refractivity contribution is -0.727. The van der Waals surface area contributed by atoms with Gasteiger partial charge in [-0.3, -0.25) is 0 Å². The molecule has 0 amide bonds. The highest BCUT2D eigenvalue weighted by atomic mass is 15.1. The van der Waals surface area contributed by atoms with E-state index in [1.165, 1.54) is 141 Å². The molecule has 2 unspecified atom stereocenters. The number of H-pyrrole nitrogens is 1. The first-order chi connectivity index (χ1) is 15.7. The molecule has 0 fully saturated rings. The summed E-state index contributed by atoms with van der Waals surface area (Å²) in [5.74, 6) is 2.23. The molecule has 2 heteroatoms. The van der Waals surface area contributed by atoms with Crippen molar-refractivity contribution in [2.24, 2.45) is 0 Å². The first-order valence-corrected chi connectivity index (χ1v) is 14.8. The summed E-state index contributed by atoms with van der Waals surface area (Å²) < 4.78 is 2.60. The van der Waals surface area contributed by atoms with Crippen LogP contribution in [0.5, 0.6) is 0 Å². The van der Waals surface area contributed by atoms with Crippen LogP contribution >= 0.6 is 0 Å². The molecule has 0 bridgehead atoms. The van der Waals surface area contributed by atoms with Crippen molar-refractivity contribution in [1.82, 2.24) is 4.98 Å². The molecule has 1 heterocycles. The number of nitrogens with one attached hydrogen (secondary N) is 1. The molecule has 1 N–H and O–H groups in total. The fourth-order valence-corrected chi connectivity index (χ4v) is 5.19. The molecule has 0 aliphatic heterocycles. The summed E-state index contributed by atoms with van der Waals surface area (Å²) in [7, 11) is 0. The molecule has 0 aliphatic rings. The van der Waals surface area contributed by atoms with Crippen molar-refractivity contribution in [2.75, 3.05) is 0 Å². The molecule has 1 aromatic rings. The second-order valence-corrected chi connectivity index (χ2v) is 10.5. The van der Waals surface area contributed by atoms with Crippen LogP contribution in [0.3, 0.4) is 0 Å². The number of unbranched alkanes of at least 4 members (excludes halogenated alkanes) is 15. The van der Waals surface area contributed by atoms with Gasteiger partial charge in [0.25, 0.3) is 5.82 Å². The van der Waals surface area contributed by atoms with E-state index in [9.17, 15) is 0 Å². The maximum atomic E-state index is 3.69. The Hall–Kier alpha value is -0.790. The van der Waals surface area contributed by atoms with Gasteiger partial charge < -0.3 is 0 Å². The van der Waals surface area contributed by atoms with Crippen molar-refractivity contribution in [3.8, 4) is 0 Å². The summed E-state index contributed by atoms with van der Waals surface area (Å²) in [5, 5.41) is 0. The molecule has 0 radical (unpaired) electrons. The van der Waals surface area contributed by atoms with Gasteiger partial charge in [0.05, 0.1) is 12.0 Å². The van der Waals surface area contributed by atoms with Crippen molar-refractivity contribution in [2.45, 2.75) is 174 Å². The van der Waals surface area contributed by atoms with E-state index >= 15 is 0 Å². The zero-order valence-electron chi connectivity index (χ0n) is 22.6. The third-order valence-electron chi connectivity index (χ3n) is 7.39. The van der Waals surface area contributed by atoms with Crippen LogP contribution in [0.4, 0.5) is 0 Å². The van der Waals surface area contributed by atoms with Gasteiger partial charge in [0.2, 0.25) is 0 Å². The molecule has 0 saturated carbocycles. The van der Waals surface area contributed by atoms with E-state index in [1.807, 2.05) is 0 Å². The number of nitrogens with zero attached hydrogens (tertiary/aromatic N) is 1. The average molecular weight is 448 g/mol. The van der Waals surface area contributed by atoms with Gasteiger partial charge in [-0.15, -0.1) is 0 Å². The normalized spacial score (nSPS) is 13.5. The van der Waals surface area contributed by atoms with Crippen LogP contribution in [0.1, 0.15) is 180 Å².